The highest BCUT2D eigenvalue weighted by atomic mass is 16.5. The van der Waals surface area contributed by atoms with E-state index in [0.717, 1.165) is 0 Å². The van der Waals surface area contributed by atoms with Gasteiger partial charge in [-0.25, -0.2) is 5.41 Å². The molecule has 0 radical (unpaired) electrons. The number of hydrogen-bond acceptors (Lipinski definition) is 3. The average Bonchev–Trinajstić information content (AvgIpc) is 2.05. The van der Waals surface area contributed by atoms with Gasteiger partial charge in [0.1, 0.15) is 0 Å². The van der Waals surface area contributed by atoms with Crippen molar-refractivity contribution in [2.75, 3.05) is 21.2 Å². The minimum Gasteiger partial charge on any atom is -0.446 e. The summed E-state index contributed by atoms with van der Waals surface area (Å²) >= 11 is 0. The van der Waals surface area contributed by atoms with Crippen molar-refractivity contribution in [3.8, 4) is 0 Å². The highest BCUT2D eigenvalue weighted by Crippen LogP contribution is 1.79. The fraction of sp³-hybridized carbons (Fsp3) is 0.500. The molecule has 0 atom stereocenters. The van der Waals surface area contributed by atoms with Gasteiger partial charge < -0.3 is 10.1 Å². The van der Waals surface area contributed by atoms with E-state index in [4.69, 9.17) is 5.41 Å². The smallest absolute Gasteiger partial charge is 0.390 e. The second kappa shape index (κ2) is 4.43. The molecule has 0 bridgehead atoms. The summed E-state index contributed by atoms with van der Waals surface area (Å²) in [5.41, 5.74) is 0.106. The lowest BCUT2D eigenvalue weighted by Gasteiger charge is -1.98. The van der Waals surface area contributed by atoms with E-state index >= 15 is 0 Å². The molecular formula is C6H12N3O2+. The molecule has 5 heteroatoms. The molecule has 0 aromatic carbocycles. The molecule has 0 spiro atoms. The van der Waals surface area contributed by atoms with Gasteiger partial charge in [0.15, 0.2) is 0 Å². The normalized spacial score (nSPS) is 10.6. The van der Waals surface area contributed by atoms with Gasteiger partial charge in [0.2, 0.25) is 5.71 Å². The lowest BCUT2D eigenvalue weighted by atomic mass is 10.3. The van der Waals surface area contributed by atoms with Crippen molar-refractivity contribution >= 4 is 17.5 Å². The monoisotopic (exact) mass is 158 g/mol. The zero-order chi connectivity index (χ0) is 8.85. The van der Waals surface area contributed by atoms with E-state index in [1.807, 2.05) is 0 Å². The molecule has 0 heterocycles. The Morgan fingerprint density at radius 2 is 2.18 bits per heavy atom. The summed E-state index contributed by atoms with van der Waals surface area (Å²) in [5.74, 6) is -0.335. The van der Waals surface area contributed by atoms with Gasteiger partial charge in [0, 0.05) is 14.1 Å². The third kappa shape index (κ3) is 2.37. The number of carbonyl (C=O) groups is 1. The highest BCUT2D eigenvalue weighted by molar-refractivity contribution is 6.63. The SMILES string of the molecule is CN=C(C(=[NH2+])OC)C(=O)NC. The summed E-state index contributed by atoms with van der Waals surface area (Å²) in [4.78, 5) is 14.6. The van der Waals surface area contributed by atoms with Crippen molar-refractivity contribution < 1.29 is 14.9 Å². The van der Waals surface area contributed by atoms with Crippen LogP contribution in [0.15, 0.2) is 4.99 Å². The Bertz CT molecular complexity index is 180. The Labute approximate surface area is 65.0 Å². The fourth-order valence-electron chi connectivity index (χ4n) is 0.539. The van der Waals surface area contributed by atoms with E-state index in [0.29, 0.717) is 0 Å². The fourth-order valence-corrected chi connectivity index (χ4v) is 0.539. The second-order valence-corrected chi connectivity index (χ2v) is 1.72. The second-order valence-electron chi connectivity index (χ2n) is 1.72. The Morgan fingerprint density at radius 3 is 2.45 bits per heavy atom. The average molecular weight is 158 g/mol. The van der Waals surface area contributed by atoms with Crippen molar-refractivity contribution in [1.29, 1.82) is 0 Å². The Morgan fingerprint density at radius 1 is 1.64 bits per heavy atom. The summed E-state index contributed by atoms with van der Waals surface area (Å²) in [7, 11) is 4.34. The van der Waals surface area contributed by atoms with Crippen LogP contribution in [0.5, 0.6) is 0 Å². The molecule has 3 N–H and O–H groups in total. The van der Waals surface area contributed by atoms with Crippen LogP contribution in [0.2, 0.25) is 0 Å². The summed E-state index contributed by atoms with van der Waals surface area (Å²) in [5, 5.41) is 7.69. The molecule has 1 amide bonds. The van der Waals surface area contributed by atoms with E-state index < -0.39 is 0 Å². The number of ether oxygens (including phenoxy) is 1. The van der Waals surface area contributed by atoms with Crippen LogP contribution in [0, 0.1) is 0 Å². The van der Waals surface area contributed by atoms with Crippen LogP contribution < -0.4 is 10.7 Å². The molecule has 0 aromatic heterocycles. The third-order valence-corrected chi connectivity index (χ3v) is 1.12. The van der Waals surface area contributed by atoms with Gasteiger partial charge in [-0.3, -0.25) is 9.79 Å². The van der Waals surface area contributed by atoms with Crippen LogP contribution in [0.3, 0.4) is 0 Å². The Balaban J connectivity index is 4.43. The molecule has 5 nitrogen and oxygen atoms in total. The number of nitrogens with two attached hydrogens (primary N) is 1. The van der Waals surface area contributed by atoms with Gasteiger partial charge in [0.05, 0.1) is 7.11 Å². The molecule has 0 aliphatic rings. The van der Waals surface area contributed by atoms with Gasteiger partial charge in [-0.15, -0.1) is 0 Å². The highest BCUT2D eigenvalue weighted by Gasteiger charge is 2.19. The van der Waals surface area contributed by atoms with Crippen LogP contribution >= 0.6 is 0 Å². The minimum absolute atomic E-state index is 0.0202. The van der Waals surface area contributed by atoms with Gasteiger partial charge in [0.25, 0.3) is 5.91 Å². The van der Waals surface area contributed by atoms with Crippen molar-refractivity contribution in [2.45, 2.75) is 0 Å². The Kier molecular flexibility index (Phi) is 3.87. The van der Waals surface area contributed by atoms with E-state index in [1.54, 1.807) is 0 Å². The summed E-state index contributed by atoms with van der Waals surface area (Å²) in [6.07, 6.45) is 0. The van der Waals surface area contributed by atoms with Crippen LogP contribution in [-0.2, 0) is 9.53 Å². The van der Waals surface area contributed by atoms with Crippen molar-refractivity contribution in [2.24, 2.45) is 4.99 Å². The van der Waals surface area contributed by atoms with Crippen LogP contribution in [-0.4, -0.2) is 38.7 Å². The summed E-state index contributed by atoms with van der Waals surface area (Å²) in [6, 6.07) is 0. The zero-order valence-corrected chi connectivity index (χ0v) is 6.84. The predicted octanol–water partition coefficient (Wildman–Crippen LogP) is -2.39. The minimum atomic E-state index is -0.355. The van der Waals surface area contributed by atoms with E-state index in [9.17, 15) is 4.79 Å². The number of hydrogen-bond donors (Lipinski definition) is 2. The first-order valence-corrected chi connectivity index (χ1v) is 3.03. The number of rotatable bonds is 2. The Hall–Kier alpha value is -1.39. The number of carbonyl (C=O) groups excluding carboxylic acids is 1. The van der Waals surface area contributed by atoms with Gasteiger partial charge in [-0.05, 0) is 0 Å². The number of nitrogens with one attached hydrogen (secondary N) is 1. The quantitative estimate of drug-likeness (QED) is 0.347. The van der Waals surface area contributed by atoms with Gasteiger partial charge in [-0.1, -0.05) is 0 Å². The van der Waals surface area contributed by atoms with Crippen molar-refractivity contribution in [3.63, 3.8) is 0 Å². The molecule has 0 rings (SSSR count). The number of nitrogens with zero attached hydrogens (tertiary/aromatic N) is 1. The molecular weight excluding hydrogens is 146 g/mol. The summed E-state index contributed by atoms with van der Waals surface area (Å²) < 4.78 is 4.63. The molecule has 0 aliphatic heterocycles. The standard InChI is InChI=1S/C6H11N3O2/c1-8-4(5(7)11-3)6(10)9-2/h7H,1-3H3,(H,9,10)/p+1. The number of aliphatic imine (C=N–C) groups is 1. The maximum absolute atomic E-state index is 10.9. The van der Waals surface area contributed by atoms with E-state index in [2.05, 4.69) is 15.0 Å². The van der Waals surface area contributed by atoms with Gasteiger partial charge in [-0.2, -0.15) is 0 Å². The molecule has 0 saturated heterocycles. The van der Waals surface area contributed by atoms with E-state index in [-0.39, 0.29) is 17.5 Å². The number of methoxy groups -OCH3 is 1. The molecule has 0 unspecified atom stereocenters. The van der Waals surface area contributed by atoms with Crippen LogP contribution in [0.25, 0.3) is 0 Å². The topological polar surface area (TPSA) is 76.3 Å². The zero-order valence-electron chi connectivity index (χ0n) is 6.84. The van der Waals surface area contributed by atoms with Gasteiger partial charge >= 0.3 is 5.90 Å². The first-order valence-electron chi connectivity index (χ1n) is 3.03. The first-order chi connectivity index (χ1) is 5.17. The molecule has 62 valence electrons. The van der Waals surface area contributed by atoms with Crippen molar-refractivity contribution in [3.05, 3.63) is 0 Å². The van der Waals surface area contributed by atoms with Crippen LogP contribution in [0.4, 0.5) is 0 Å². The third-order valence-electron chi connectivity index (χ3n) is 1.12. The first kappa shape index (κ1) is 9.61. The molecule has 0 fully saturated rings. The van der Waals surface area contributed by atoms with Crippen molar-refractivity contribution in [1.82, 2.24) is 5.32 Å². The molecule has 0 aromatic rings. The molecule has 0 saturated carbocycles. The molecule has 0 aliphatic carbocycles. The molecule has 11 heavy (non-hydrogen) atoms. The maximum Gasteiger partial charge on any atom is 0.390 e. The predicted molar refractivity (Wildman–Crippen MR) is 41.4 cm³/mol. The summed E-state index contributed by atoms with van der Waals surface area (Å²) in [6.45, 7) is 0. The lowest BCUT2D eigenvalue weighted by molar-refractivity contribution is -0.133. The largest absolute Gasteiger partial charge is 0.446 e. The number of amides is 1. The maximum atomic E-state index is 10.9. The van der Waals surface area contributed by atoms with E-state index in [1.165, 1.54) is 21.2 Å². The lowest BCUT2D eigenvalue weighted by Crippen LogP contribution is -2.50. The van der Waals surface area contributed by atoms with Crippen LogP contribution in [0.1, 0.15) is 0 Å².